The van der Waals surface area contributed by atoms with Crippen LogP contribution in [-0.4, -0.2) is 83.9 Å². The molecule has 172 valence electrons. The molecule has 32 heavy (non-hydrogen) atoms. The van der Waals surface area contributed by atoms with Gasteiger partial charge in [-0.1, -0.05) is 12.1 Å². The zero-order valence-electron chi connectivity index (χ0n) is 16.4. The first-order chi connectivity index (χ1) is 15.1. The van der Waals surface area contributed by atoms with Gasteiger partial charge in [-0.2, -0.15) is 0 Å². The van der Waals surface area contributed by atoms with E-state index in [4.69, 9.17) is 9.47 Å². The van der Waals surface area contributed by atoms with Gasteiger partial charge in [-0.3, -0.25) is 4.79 Å². The lowest BCUT2D eigenvalue weighted by Gasteiger charge is -2.39. The summed E-state index contributed by atoms with van der Waals surface area (Å²) in [7, 11) is 0. The summed E-state index contributed by atoms with van der Waals surface area (Å²) >= 11 is 0. The Morgan fingerprint density at radius 3 is 2.28 bits per heavy atom. The Morgan fingerprint density at radius 1 is 0.906 bits per heavy atom. The Balaban J connectivity index is 1.78. The van der Waals surface area contributed by atoms with E-state index in [-0.39, 0.29) is 17.1 Å². The lowest BCUT2D eigenvalue weighted by Crippen LogP contribution is -2.60. The van der Waals surface area contributed by atoms with Crippen molar-refractivity contribution in [3.8, 4) is 28.7 Å². The Bertz CT molecular complexity index is 1020. The molecule has 1 aliphatic heterocycles. The summed E-state index contributed by atoms with van der Waals surface area (Å²) in [6.07, 6.45) is -5.49. The van der Waals surface area contributed by atoms with E-state index in [1.54, 1.807) is 0 Å². The summed E-state index contributed by atoms with van der Waals surface area (Å²) in [5, 5.41) is 78.0. The zero-order valence-corrected chi connectivity index (χ0v) is 16.4. The second-order valence-electron chi connectivity index (χ2n) is 7.10. The number of hydrogen-bond donors (Lipinski definition) is 8. The third-order valence-corrected chi connectivity index (χ3v) is 4.86. The maximum Gasteiger partial charge on any atom is 0.229 e. The average molecular weight is 450 g/mol. The molecule has 11 heteroatoms. The number of carbonyl (C=O) groups is 1. The first-order valence-electron chi connectivity index (χ1n) is 9.40. The summed E-state index contributed by atoms with van der Waals surface area (Å²) < 4.78 is 10.4. The van der Waals surface area contributed by atoms with E-state index in [0.717, 1.165) is 18.2 Å². The predicted octanol–water partition coefficient (Wildman–Crippen LogP) is -0.416. The summed E-state index contributed by atoms with van der Waals surface area (Å²) in [5.74, 6) is -2.98. The molecule has 0 bridgehead atoms. The summed E-state index contributed by atoms with van der Waals surface area (Å²) in [4.78, 5) is 12.4. The number of aliphatic hydroxyl groups is 4. The molecular weight excluding hydrogens is 428 g/mol. The lowest BCUT2D eigenvalue weighted by atomic mass is 9.99. The van der Waals surface area contributed by atoms with E-state index < -0.39 is 60.3 Å². The number of carbonyl (C=O) groups excluding carboxylic acids is 1. The highest BCUT2D eigenvalue weighted by molar-refractivity contribution is 6.09. The van der Waals surface area contributed by atoms with Gasteiger partial charge in [0, 0.05) is 6.07 Å². The van der Waals surface area contributed by atoms with Gasteiger partial charge in [-0.25, -0.2) is 0 Å². The molecule has 5 atom stereocenters. The minimum absolute atomic E-state index is 0.289. The van der Waals surface area contributed by atoms with Crippen LogP contribution in [0.15, 0.2) is 36.4 Å². The normalized spacial score (nSPS) is 25.7. The first kappa shape index (κ1) is 23.3. The fourth-order valence-corrected chi connectivity index (χ4v) is 3.05. The number of ketones is 1. The molecule has 0 saturated carbocycles. The van der Waals surface area contributed by atoms with Crippen molar-refractivity contribution >= 4 is 11.9 Å². The second kappa shape index (κ2) is 9.42. The van der Waals surface area contributed by atoms with Gasteiger partial charge < -0.3 is 50.3 Å². The number of aliphatic hydroxyl groups excluding tert-OH is 4. The molecule has 0 spiro atoms. The number of phenols is 4. The van der Waals surface area contributed by atoms with E-state index in [0.29, 0.717) is 5.56 Å². The number of rotatable bonds is 6. The van der Waals surface area contributed by atoms with Crippen LogP contribution in [0.5, 0.6) is 28.7 Å². The number of ether oxygens (including phenoxy) is 2. The highest BCUT2D eigenvalue weighted by atomic mass is 16.7. The topological polar surface area (TPSA) is 197 Å². The Hall–Kier alpha value is -3.35. The quantitative estimate of drug-likeness (QED) is 0.123. The van der Waals surface area contributed by atoms with Crippen LogP contribution in [0, 0.1) is 0 Å². The lowest BCUT2D eigenvalue weighted by molar-refractivity contribution is -0.277. The first-order valence-corrected chi connectivity index (χ1v) is 9.40. The van der Waals surface area contributed by atoms with Gasteiger partial charge in [-0.15, -0.1) is 0 Å². The zero-order chi connectivity index (χ0) is 23.6. The minimum Gasteiger partial charge on any atom is -0.507 e. The summed E-state index contributed by atoms with van der Waals surface area (Å²) in [6.45, 7) is -0.680. The molecular formula is C21H22O11. The molecule has 3 rings (SSSR count). The molecule has 1 aliphatic rings. The minimum atomic E-state index is -1.74. The van der Waals surface area contributed by atoms with Gasteiger partial charge in [0.25, 0.3) is 0 Å². The molecule has 1 saturated heterocycles. The van der Waals surface area contributed by atoms with E-state index in [9.17, 15) is 45.6 Å². The highest BCUT2D eigenvalue weighted by Crippen LogP contribution is 2.36. The Labute approximate surface area is 181 Å². The second-order valence-corrected chi connectivity index (χ2v) is 7.10. The third-order valence-electron chi connectivity index (χ3n) is 4.86. The van der Waals surface area contributed by atoms with Crippen molar-refractivity contribution in [3.05, 3.63) is 47.5 Å². The molecule has 8 N–H and O–H groups in total. The Morgan fingerprint density at radius 2 is 1.62 bits per heavy atom. The van der Waals surface area contributed by atoms with Crippen LogP contribution >= 0.6 is 0 Å². The Kier molecular flexibility index (Phi) is 6.87. The van der Waals surface area contributed by atoms with E-state index >= 15 is 0 Å². The summed E-state index contributed by atoms with van der Waals surface area (Å²) in [6, 6.07) is 5.69. The molecule has 0 amide bonds. The molecule has 2 aromatic rings. The van der Waals surface area contributed by atoms with Crippen molar-refractivity contribution in [1.29, 1.82) is 0 Å². The molecule has 0 radical (unpaired) electrons. The van der Waals surface area contributed by atoms with Crippen LogP contribution < -0.4 is 4.74 Å². The molecule has 0 aromatic heterocycles. The van der Waals surface area contributed by atoms with Gasteiger partial charge in [0.2, 0.25) is 6.29 Å². The maximum absolute atomic E-state index is 12.4. The van der Waals surface area contributed by atoms with Gasteiger partial charge in [0.05, 0.1) is 12.2 Å². The number of benzene rings is 2. The number of phenolic OH excluding ortho intramolecular Hbond substituents is 4. The number of allylic oxidation sites excluding steroid dienone is 1. The fraction of sp³-hybridized carbons (Fsp3) is 0.286. The average Bonchev–Trinajstić information content (AvgIpc) is 2.76. The van der Waals surface area contributed by atoms with E-state index in [1.165, 1.54) is 24.3 Å². The van der Waals surface area contributed by atoms with Crippen molar-refractivity contribution in [2.75, 3.05) is 6.61 Å². The van der Waals surface area contributed by atoms with Gasteiger partial charge in [0.1, 0.15) is 30.2 Å². The monoisotopic (exact) mass is 450 g/mol. The number of hydrogen-bond acceptors (Lipinski definition) is 11. The largest absolute Gasteiger partial charge is 0.507 e. The van der Waals surface area contributed by atoms with Crippen molar-refractivity contribution in [2.45, 2.75) is 30.7 Å². The van der Waals surface area contributed by atoms with Gasteiger partial charge >= 0.3 is 0 Å². The smallest absolute Gasteiger partial charge is 0.229 e. The third kappa shape index (κ3) is 4.77. The maximum atomic E-state index is 12.4. The van der Waals surface area contributed by atoms with Crippen LogP contribution in [0.1, 0.15) is 15.9 Å². The van der Waals surface area contributed by atoms with Crippen LogP contribution in [0.2, 0.25) is 0 Å². The molecule has 1 heterocycles. The molecule has 0 aliphatic carbocycles. The van der Waals surface area contributed by atoms with Crippen molar-refractivity contribution in [3.63, 3.8) is 0 Å². The van der Waals surface area contributed by atoms with E-state index in [1.807, 2.05) is 0 Å². The van der Waals surface area contributed by atoms with Crippen LogP contribution in [0.3, 0.4) is 0 Å². The highest BCUT2D eigenvalue weighted by Gasteiger charge is 2.45. The standard InChI is InChI=1S/C21H22O11/c22-8-17-18(28)19(29)20(30)21(32-17)31-16-7-13(25)10(6-15(16)27)11(23)3-1-9-2-4-12(24)14(26)5-9/h1-7,17-22,24-30H,8H2/t17-,18-,19+,20-,21-/m1/s1. The summed E-state index contributed by atoms with van der Waals surface area (Å²) in [5.41, 5.74) is 0.0998. The molecule has 1 fully saturated rings. The van der Waals surface area contributed by atoms with Crippen molar-refractivity contribution < 1.29 is 55.1 Å². The molecule has 11 nitrogen and oxygen atoms in total. The number of aromatic hydroxyl groups is 4. The van der Waals surface area contributed by atoms with Crippen molar-refractivity contribution in [2.24, 2.45) is 0 Å². The fourth-order valence-electron chi connectivity index (χ4n) is 3.05. The van der Waals surface area contributed by atoms with Crippen LogP contribution in [0.25, 0.3) is 6.08 Å². The van der Waals surface area contributed by atoms with E-state index in [2.05, 4.69) is 0 Å². The van der Waals surface area contributed by atoms with Gasteiger partial charge in [0.15, 0.2) is 28.8 Å². The van der Waals surface area contributed by atoms with Crippen LogP contribution in [-0.2, 0) is 4.74 Å². The van der Waals surface area contributed by atoms with Crippen molar-refractivity contribution in [1.82, 2.24) is 0 Å². The van der Waals surface area contributed by atoms with Crippen LogP contribution in [0.4, 0.5) is 0 Å². The van der Waals surface area contributed by atoms with Gasteiger partial charge in [-0.05, 0) is 29.8 Å². The molecule has 2 aromatic carbocycles. The predicted molar refractivity (Wildman–Crippen MR) is 107 cm³/mol. The molecule has 0 unspecified atom stereocenters. The SMILES string of the molecule is O=C(C=Cc1ccc(O)c(O)c1)c1cc(O)c(O[C@@H]2O[C@H](CO)[C@@H](O)[C@H](O)[C@H]2O)cc1O.